The molecule has 0 amide bonds. The molecule has 0 unspecified atom stereocenters. The number of rotatable bonds is 7. The van der Waals surface area contributed by atoms with Crippen molar-refractivity contribution < 1.29 is 8.42 Å². The Morgan fingerprint density at radius 1 is 1.47 bits per heavy atom. The fourth-order valence-corrected chi connectivity index (χ4v) is 3.16. The van der Waals surface area contributed by atoms with E-state index in [4.69, 9.17) is 11.6 Å². The molecule has 7 heteroatoms. The summed E-state index contributed by atoms with van der Waals surface area (Å²) in [6.07, 6.45) is 0.590. The summed E-state index contributed by atoms with van der Waals surface area (Å²) in [5, 5.41) is 3.27. The van der Waals surface area contributed by atoms with Gasteiger partial charge in [0.05, 0.1) is 10.1 Å². The molecule has 0 aliphatic rings. The van der Waals surface area contributed by atoms with Crippen molar-refractivity contribution in [3.8, 4) is 0 Å². The molecule has 1 atom stereocenters. The topological polar surface area (TPSA) is 58.2 Å². The molecule has 0 saturated heterocycles. The first-order valence-corrected chi connectivity index (χ1v) is 8.19. The van der Waals surface area contributed by atoms with E-state index in [0.29, 0.717) is 13.0 Å². The molecular weight excluding hydrogens is 280 g/mol. The Bertz CT molecular complexity index is 445. The number of thiophene rings is 1. The molecule has 1 rings (SSSR count). The van der Waals surface area contributed by atoms with Crippen LogP contribution in [0.4, 0.5) is 0 Å². The minimum Gasteiger partial charge on any atom is -0.309 e. The molecule has 17 heavy (non-hydrogen) atoms. The predicted octanol–water partition coefficient (Wildman–Crippen LogP) is 1.99. The Morgan fingerprint density at radius 3 is 2.71 bits per heavy atom. The normalized spacial score (nSPS) is 13.8. The summed E-state index contributed by atoms with van der Waals surface area (Å²) in [4.78, 5) is 1.16. The lowest BCUT2D eigenvalue weighted by Crippen LogP contribution is -2.26. The van der Waals surface area contributed by atoms with Gasteiger partial charge in [-0.2, -0.15) is 0 Å². The lowest BCUT2D eigenvalue weighted by atomic mass is 10.2. The van der Waals surface area contributed by atoms with E-state index < -0.39 is 10.0 Å². The van der Waals surface area contributed by atoms with Crippen LogP contribution < -0.4 is 10.0 Å². The number of halogens is 1. The molecule has 4 nitrogen and oxygen atoms in total. The zero-order valence-corrected chi connectivity index (χ0v) is 12.3. The largest absolute Gasteiger partial charge is 0.309 e. The minimum absolute atomic E-state index is 0.147. The maximum absolute atomic E-state index is 11.2. The fraction of sp³-hybridized carbons (Fsp3) is 0.600. The highest BCUT2D eigenvalue weighted by Gasteiger charge is 2.09. The van der Waals surface area contributed by atoms with Crippen LogP contribution in [0.2, 0.25) is 4.34 Å². The number of nitrogens with one attached hydrogen (secondary N) is 2. The average molecular weight is 297 g/mol. The van der Waals surface area contributed by atoms with Gasteiger partial charge in [-0.15, -0.1) is 11.3 Å². The van der Waals surface area contributed by atoms with Gasteiger partial charge in [-0.05, 0) is 39.1 Å². The van der Waals surface area contributed by atoms with Crippen molar-refractivity contribution in [1.82, 2.24) is 10.0 Å². The molecule has 2 N–H and O–H groups in total. The third-order valence-corrected chi connectivity index (χ3v) is 5.23. The number of sulfonamides is 1. The van der Waals surface area contributed by atoms with Crippen LogP contribution in [-0.2, 0) is 10.0 Å². The minimum atomic E-state index is -3.09. The quantitative estimate of drug-likeness (QED) is 0.757. The van der Waals surface area contributed by atoms with Crippen molar-refractivity contribution in [3.63, 3.8) is 0 Å². The van der Waals surface area contributed by atoms with Crippen molar-refractivity contribution >= 4 is 33.0 Å². The van der Waals surface area contributed by atoms with Crippen LogP contribution in [0.1, 0.15) is 24.3 Å². The van der Waals surface area contributed by atoms with Crippen LogP contribution in [0, 0.1) is 0 Å². The molecule has 0 aliphatic carbocycles. The molecule has 98 valence electrons. The fourth-order valence-electron chi connectivity index (χ4n) is 1.34. The van der Waals surface area contributed by atoms with Crippen LogP contribution >= 0.6 is 22.9 Å². The lowest BCUT2D eigenvalue weighted by Gasteiger charge is -2.11. The number of hydrogen-bond acceptors (Lipinski definition) is 4. The van der Waals surface area contributed by atoms with Gasteiger partial charge in [0, 0.05) is 10.9 Å². The first-order valence-electron chi connectivity index (χ1n) is 5.34. The molecule has 1 aromatic rings. The van der Waals surface area contributed by atoms with Crippen LogP contribution in [0.15, 0.2) is 12.1 Å². The van der Waals surface area contributed by atoms with E-state index in [9.17, 15) is 8.42 Å². The molecule has 0 radical (unpaired) electrons. The Labute approximate surface area is 111 Å². The number of hydrogen-bond donors (Lipinski definition) is 2. The Morgan fingerprint density at radius 2 is 2.18 bits per heavy atom. The Hall–Kier alpha value is -0.140. The van der Waals surface area contributed by atoms with E-state index in [1.54, 1.807) is 0 Å². The summed E-state index contributed by atoms with van der Waals surface area (Å²) in [6.45, 7) is 2.70. The van der Waals surface area contributed by atoms with Crippen molar-refractivity contribution in [1.29, 1.82) is 0 Å². The highest BCUT2D eigenvalue weighted by atomic mass is 35.5. The van der Waals surface area contributed by atoms with Crippen molar-refractivity contribution in [2.75, 3.05) is 19.3 Å². The van der Waals surface area contributed by atoms with Crippen LogP contribution in [0.5, 0.6) is 0 Å². The van der Waals surface area contributed by atoms with Crippen LogP contribution in [0.25, 0.3) is 0 Å². The third kappa shape index (κ3) is 5.35. The summed E-state index contributed by atoms with van der Waals surface area (Å²) in [6, 6.07) is 4.05. The van der Waals surface area contributed by atoms with Crippen LogP contribution in [-0.4, -0.2) is 27.8 Å². The predicted molar refractivity (Wildman–Crippen MR) is 73.2 cm³/mol. The first kappa shape index (κ1) is 14.9. The summed E-state index contributed by atoms with van der Waals surface area (Å²) in [5.74, 6) is 0.147. The molecule has 0 spiro atoms. The van der Waals surface area contributed by atoms with Gasteiger partial charge in [0.25, 0.3) is 0 Å². The molecule has 1 aromatic heterocycles. The van der Waals surface area contributed by atoms with Gasteiger partial charge in [0.1, 0.15) is 0 Å². The van der Waals surface area contributed by atoms with Gasteiger partial charge in [0.2, 0.25) is 10.0 Å². The second-order valence-electron chi connectivity index (χ2n) is 3.69. The highest BCUT2D eigenvalue weighted by molar-refractivity contribution is 7.89. The van der Waals surface area contributed by atoms with E-state index >= 15 is 0 Å². The van der Waals surface area contributed by atoms with Crippen molar-refractivity contribution in [3.05, 3.63) is 21.3 Å². The van der Waals surface area contributed by atoms with E-state index in [1.807, 2.05) is 19.1 Å². The zero-order valence-electron chi connectivity index (χ0n) is 9.86. The molecule has 0 saturated carbocycles. The van der Waals surface area contributed by atoms with Crippen molar-refractivity contribution in [2.24, 2.45) is 0 Å². The SMILES string of the molecule is CNS(=O)(=O)CCCN[C@@H](C)c1ccc(Cl)s1. The van der Waals surface area contributed by atoms with E-state index in [0.717, 1.165) is 9.21 Å². The van der Waals surface area contributed by atoms with E-state index in [-0.39, 0.29) is 11.8 Å². The second kappa shape index (κ2) is 6.70. The molecule has 0 aliphatic heterocycles. The molecule has 0 aromatic carbocycles. The maximum Gasteiger partial charge on any atom is 0.211 e. The Kier molecular flexibility index (Phi) is 5.88. The molecule has 0 fully saturated rings. The Balaban J connectivity index is 2.28. The van der Waals surface area contributed by atoms with Gasteiger partial charge in [-0.25, -0.2) is 13.1 Å². The van der Waals surface area contributed by atoms with Gasteiger partial charge >= 0.3 is 0 Å². The standard InChI is InChI=1S/C10H17ClN2O2S2/c1-8(9-4-5-10(11)16-9)13-6-3-7-17(14,15)12-2/h4-5,8,12-13H,3,6-7H2,1-2H3/t8-/m0/s1. The van der Waals surface area contributed by atoms with Gasteiger partial charge < -0.3 is 5.32 Å². The van der Waals surface area contributed by atoms with E-state index in [1.165, 1.54) is 18.4 Å². The van der Waals surface area contributed by atoms with Crippen molar-refractivity contribution in [2.45, 2.75) is 19.4 Å². The lowest BCUT2D eigenvalue weighted by molar-refractivity contribution is 0.561. The zero-order chi connectivity index (χ0) is 12.9. The highest BCUT2D eigenvalue weighted by Crippen LogP contribution is 2.26. The summed E-state index contributed by atoms with van der Waals surface area (Å²) in [5.41, 5.74) is 0. The van der Waals surface area contributed by atoms with Gasteiger partial charge in [0.15, 0.2) is 0 Å². The average Bonchev–Trinajstić information content (AvgIpc) is 2.71. The maximum atomic E-state index is 11.2. The third-order valence-electron chi connectivity index (χ3n) is 2.37. The molecule has 1 heterocycles. The summed E-state index contributed by atoms with van der Waals surface area (Å²) in [7, 11) is -1.66. The smallest absolute Gasteiger partial charge is 0.211 e. The molecular formula is C10H17ClN2O2S2. The summed E-state index contributed by atoms with van der Waals surface area (Å²) < 4.78 is 25.4. The van der Waals surface area contributed by atoms with Gasteiger partial charge in [-0.1, -0.05) is 11.6 Å². The van der Waals surface area contributed by atoms with E-state index in [2.05, 4.69) is 10.0 Å². The van der Waals surface area contributed by atoms with Gasteiger partial charge in [-0.3, -0.25) is 0 Å². The summed E-state index contributed by atoms with van der Waals surface area (Å²) >= 11 is 7.38. The monoisotopic (exact) mass is 296 g/mol. The molecule has 0 bridgehead atoms. The second-order valence-corrected chi connectivity index (χ2v) is 7.49. The first-order chi connectivity index (χ1) is 7.94. The van der Waals surface area contributed by atoms with Crippen LogP contribution in [0.3, 0.4) is 0 Å².